The molecule has 1 aliphatic rings. The molecule has 1 aliphatic heterocycles. The number of aliphatic hydroxyl groups excluding tert-OH is 1. The van der Waals surface area contributed by atoms with Crippen molar-refractivity contribution in [1.29, 1.82) is 5.26 Å². The first-order valence-corrected chi connectivity index (χ1v) is 13.1. The van der Waals surface area contributed by atoms with Gasteiger partial charge in [0, 0.05) is 21.2 Å². The fraction of sp³-hybridized carbons (Fsp3) is 0.103. The van der Waals surface area contributed by atoms with Gasteiger partial charge in [0.1, 0.15) is 28.7 Å². The second kappa shape index (κ2) is 12.4. The van der Waals surface area contributed by atoms with Crippen molar-refractivity contribution in [1.82, 2.24) is 0 Å². The van der Waals surface area contributed by atoms with Gasteiger partial charge in [0.2, 0.25) is 0 Å². The van der Waals surface area contributed by atoms with Gasteiger partial charge in [0.15, 0.2) is 0 Å². The summed E-state index contributed by atoms with van der Waals surface area (Å²) in [5, 5.41) is 20.4. The largest absolute Gasteiger partial charge is 0.506 e. The third kappa shape index (κ3) is 6.22. The summed E-state index contributed by atoms with van der Waals surface area (Å²) in [6, 6.07) is 23.1. The van der Waals surface area contributed by atoms with E-state index in [0.29, 0.717) is 27.3 Å². The number of aliphatic hydroxyl groups is 1. The Morgan fingerprint density at radius 3 is 2.58 bits per heavy atom. The fourth-order valence-corrected chi connectivity index (χ4v) is 4.93. The molecule has 0 unspecified atom stereocenters. The molecule has 0 bridgehead atoms. The van der Waals surface area contributed by atoms with Crippen molar-refractivity contribution < 1.29 is 24.2 Å². The van der Waals surface area contributed by atoms with Crippen LogP contribution in [0.5, 0.6) is 5.75 Å². The SMILES string of the molecule is CCOC(=O)C1=C(O)/C(=C/c2cc(Br)ccc2OCc2ccccc2C#N)SC1=NC(=O)c1ccccc1. The van der Waals surface area contributed by atoms with E-state index >= 15 is 0 Å². The summed E-state index contributed by atoms with van der Waals surface area (Å²) in [6.45, 7) is 1.89. The van der Waals surface area contributed by atoms with Gasteiger partial charge in [-0.25, -0.2) is 9.79 Å². The number of benzene rings is 3. The zero-order valence-corrected chi connectivity index (χ0v) is 22.6. The second-order valence-corrected chi connectivity index (χ2v) is 9.83. The van der Waals surface area contributed by atoms with Crippen LogP contribution < -0.4 is 4.74 Å². The Balaban J connectivity index is 1.70. The number of carbonyl (C=O) groups excluding carboxylic acids is 2. The van der Waals surface area contributed by atoms with Gasteiger partial charge in [-0.1, -0.05) is 64.1 Å². The number of amides is 1. The van der Waals surface area contributed by atoms with Gasteiger partial charge in [0.05, 0.1) is 23.1 Å². The molecule has 1 amide bonds. The minimum atomic E-state index is -0.778. The van der Waals surface area contributed by atoms with E-state index in [9.17, 15) is 20.0 Å². The number of aliphatic imine (C=N–C) groups is 1. The number of hydrogen-bond donors (Lipinski definition) is 1. The van der Waals surface area contributed by atoms with Crippen LogP contribution in [-0.2, 0) is 16.1 Å². The minimum Gasteiger partial charge on any atom is -0.506 e. The predicted molar refractivity (Wildman–Crippen MR) is 150 cm³/mol. The first kappa shape index (κ1) is 26.9. The first-order valence-electron chi connectivity index (χ1n) is 11.5. The van der Waals surface area contributed by atoms with Gasteiger partial charge in [0.25, 0.3) is 5.91 Å². The van der Waals surface area contributed by atoms with Crippen LogP contribution in [0.3, 0.4) is 0 Å². The highest BCUT2D eigenvalue weighted by molar-refractivity contribution is 9.10. The number of halogens is 1. The average molecular weight is 589 g/mol. The summed E-state index contributed by atoms with van der Waals surface area (Å²) in [6.07, 6.45) is 1.64. The Bertz CT molecular complexity index is 1520. The molecule has 0 radical (unpaired) electrons. The molecule has 9 heteroatoms. The van der Waals surface area contributed by atoms with Crippen molar-refractivity contribution >= 4 is 50.7 Å². The highest BCUT2D eigenvalue weighted by Crippen LogP contribution is 2.40. The third-order valence-electron chi connectivity index (χ3n) is 5.37. The summed E-state index contributed by atoms with van der Waals surface area (Å²) in [4.78, 5) is 29.9. The molecule has 4 rings (SSSR count). The molecule has 38 heavy (non-hydrogen) atoms. The maximum absolute atomic E-state index is 12.7. The maximum atomic E-state index is 12.7. The molecule has 3 aromatic carbocycles. The van der Waals surface area contributed by atoms with Gasteiger partial charge in [-0.05, 0) is 49.4 Å². The Morgan fingerprint density at radius 1 is 1.11 bits per heavy atom. The number of thioether (sulfide) groups is 1. The van der Waals surface area contributed by atoms with Gasteiger partial charge in [-0.2, -0.15) is 5.26 Å². The topological polar surface area (TPSA) is 109 Å². The van der Waals surface area contributed by atoms with E-state index in [1.54, 1.807) is 73.7 Å². The standard InChI is InChI=1S/C29H21BrN2O5S/c1-2-36-29(35)25-26(33)24(38-28(25)32-27(34)18-8-4-3-5-9-18)15-21-14-22(30)12-13-23(21)37-17-20-11-7-6-10-19(20)16-31/h3-15,33H,2,17H2,1H3/b24-15-,32-28?. The maximum Gasteiger partial charge on any atom is 0.344 e. The summed E-state index contributed by atoms with van der Waals surface area (Å²) in [5.41, 5.74) is 2.02. The Morgan fingerprint density at radius 2 is 1.84 bits per heavy atom. The van der Waals surface area contributed by atoms with Gasteiger partial charge >= 0.3 is 5.97 Å². The lowest BCUT2D eigenvalue weighted by molar-refractivity contribution is -0.138. The van der Waals surface area contributed by atoms with E-state index in [-0.39, 0.29) is 29.6 Å². The van der Waals surface area contributed by atoms with Gasteiger partial charge in [-0.15, -0.1) is 0 Å². The molecule has 0 aliphatic carbocycles. The van der Waals surface area contributed by atoms with Crippen LogP contribution in [0, 0.1) is 11.3 Å². The zero-order chi connectivity index (χ0) is 27.1. The molecule has 0 saturated carbocycles. The van der Waals surface area contributed by atoms with Crippen molar-refractivity contribution in [3.63, 3.8) is 0 Å². The molecule has 0 saturated heterocycles. The van der Waals surface area contributed by atoms with E-state index in [2.05, 4.69) is 27.0 Å². The van der Waals surface area contributed by atoms with E-state index < -0.39 is 11.9 Å². The molecule has 3 aromatic rings. The highest BCUT2D eigenvalue weighted by atomic mass is 79.9. The normalized spacial score (nSPS) is 15.0. The fourth-order valence-electron chi connectivity index (χ4n) is 3.54. The van der Waals surface area contributed by atoms with Crippen LogP contribution in [0.15, 0.2) is 98.5 Å². The lowest BCUT2D eigenvalue weighted by Gasteiger charge is -2.11. The van der Waals surface area contributed by atoms with Crippen molar-refractivity contribution in [3.05, 3.63) is 116 Å². The van der Waals surface area contributed by atoms with E-state index in [1.807, 2.05) is 12.1 Å². The number of ether oxygens (including phenoxy) is 2. The molecule has 1 N–H and O–H groups in total. The molecule has 1 heterocycles. The van der Waals surface area contributed by atoms with Gasteiger partial charge < -0.3 is 14.6 Å². The molecule has 7 nitrogen and oxygen atoms in total. The molecule has 190 valence electrons. The zero-order valence-electron chi connectivity index (χ0n) is 20.2. The summed E-state index contributed by atoms with van der Waals surface area (Å²) >= 11 is 4.44. The van der Waals surface area contributed by atoms with Crippen LogP contribution in [0.2, 0.25) is 0 Å². The second-order valence-electron chi connectivity index (χ2n) is 7.88. The van der Waals surface area contributed by atoms with E-state index in [1.165, 1.54) is 0 Å². The van der Waals surface area contributed by atoms with Crippen LogP contribution in [0.1, 0.15) is 34.0 Å². The Labute approximate surface area is 232 Å². The van der Waals surface area contributed by atoms with E-state index in [0.717, 1.165) is 21.8 Å². The average Bonchev–Trinajstić information content (AvgIpc) is 3.23. The minimum absolute atomic E-state index is 0.0430. The van der Waals surface area contributed by atoms with Crippen molar-refractivity contribution in [2.45, 2.75) is 13.5 Å². The summed E-state index contributed by atoms with van der Waals surface area (Å²) in [7, 11) is 0. The lowest BCUT2D eigenvalue weighted by atomic mass is 10.1. The summed E-state index contributed by atoms with van der Waals surface area (Å²) < 4.78 is 11.9. The smallest absolute Gasteiger partial charge is 0.344 e. The van der Waals surface area contributed by atoms with Crippen LogP contribution in [-0.4, -0.2) is 28.6 Å². The number of rotatable bonds is 7. The molecule has 0 fully saturated rings. The van der Waals surface area contributed by atoms with Crippen LogP contribution in [0.25, 0.3) is 6.08 Å². The number of esters is 1. The van der Waals surface area contributed by atoms with Gasteiger partial charge in [-0.3, -0.25) is 4.79 Å². The number of nitriles is 1. The van der Waals surface area contributed by atoms with Crippen LogP contribution in [0.4, 0.5) is 0 Å². The summed E-state index contributed by atoms with van der Waals surface area (Å²) in [5.74, 6) is -1.18. The predicted octanol–water partition coefficient (Wildman–Crippen LogP) is 6.60. The number of nitrogens with zero attached hydrogens (tertiary/aromatic N) is 2. The quantitative estimate of drug-likeness (QED) is 0.309. The molecule has 0 atom stereocenters. The molecular weight excluding hydrogens is 568 g/mol. The van der Waals surface area contributed by atoms with Crippen LogP contribution >= 0.6 is 27.7 Å². The van der Waals surface area contributed by atoms with E-state index in [4.69, 9.17) is 9.47 Å². The lowest BCUT2D eigenvalue weighted by Crippen LogP contribution is -2.14. The number of hydrogen-bond acceptors (Lipinski definition) is 7. The molecule has 0 spiro atoms. The number of carbonyl (C=O) groups is 2. The van der Waals surface area contributed by atoms with Crippen molar-refractivity contribution in [3.8, 4) is 11.8 Å². The van der Waals surface area contributed by atoms with Crippen molar-refractivity contribution in [2.75, 3.05) is 6.61 Å². The first-order chi connectivity index (χ1) is 18.4. The monoisotopic (exact) mass is 588 g/mol. The Kier molecular flexibility index (Phi) is 8.79. The Hall–Kier alpha value is -4.13. The highest BCUT2D eigenvalue weighted by Gasteiger charge is 2.34. The molecule has 0 aromatic heterocycles. The third-order valence-corrected chi connectivity index (χ3v) is 6.89. The van der Waals surface area contributed by atoms with Crippen molar-refractivity contribution in [2.24, 2.45) is 4.99 Å². The molecular formula is C29H21BrN2O5S.